The van der Waals surface area contributed by atoms with Crippen LogP contribution in [0, 0.1) is 0 Å². The summed E-state index contributed by atoms with van der Waals surface area (Å²) in [7, 11) is 0. The lowest BCUT2D eigenvalue weighted by molar-refractivity contribution is -0.146. The van der Waals surface area contributed by atoms with Gasteiger partial charge in [-0.1, -0.05) is 36.8 Å². The fourth-order valence-corrected chi connectivity index (χ4v) is 4.63. The molecule has 1 fully saturated rings. The Kier molecular flexibility index (Phi) is 5.15. The topological polar surface area (TPSA) is 55.4 Å². The molecule has 0 aromatic heterocycles. The van der Waals surface area contributed by atoms with Crippen LogP contribution >= 0.6 is 0 Å². The molecule has 3 aliphatic rings. The van der Waals surface area contributed by atoms with Crippen molar-refractivity contribution in [3.05, 3.63) is 58.4 Å². The van der Waals surface area contributed by atoms with Gasteiger partial charge in [0, 0.05) is 29.3 Å². The fourth-order valence-electron chi connectivity index (χ4n) is 4.63. The predicted molar refractivity (Wildman–Crippen MR) is 104 cm³/mol. The van der Waals surface area contributed by atoms with Gasteiger partial charge in [-0.3, -0.25) is 4.79 Å². The van der Waals surface area contributed by atoms with Crippen molar-refractivity contribution in [2.24, 2.45) is 0 Å². The number of allylic oxidation sites excluding steroid dienone is 3. The summed E-state index contributed by atoms with van der Waals surface area (Å²) in [5.41, 5.74) is 4.14. The molecule has 4 nitrogen and oxygen atoms in total. The quantitative estimate of drug-likeness (QED) is 0.800. The van der Waals surface area contributed by atoms with Crippen LogP contribution in [-0.4, -0.2) is 17.9 Å². The number of carbonyl (C=O) groups excluding carboxylic acids is 2. The molecule has 27 heavy (non-hydrogen) atoms. The Morgan fingerprint density at radius 1 is 1.04 bits per heavy atom. The van der Waals surface area contributed by atoms with E-state index in [4.69, 9.17) is 4.74 Å². The lowest BCUT2D eigenvalue weighted by Crippen LogP contribution is -2.35. The summed E-state index contributed by atoms with van der Waals surface area (Å²) in [6.07, 6.45) is 7.59. The standard InChI is InChI=1S/C23H27NO3/c1-15-20(23(26)27-17-11-6-3-7-12-17)21(16-9-4-2-5-10-16)22-18(24-15)13-8-14-19(22)25/h2,4-5,9-10,17,21,24H,3,6-8,11-14H2,1H3. The number of nitrogens with one attached hydrogen (secondary N) is 1. The Hall–Kier alpha value is -2.36. The summed E-state index contributed by atoms with van der Waals surface area (Å²) < 4.78 is 5.90. The van der Waals surface area contributed by atoms with Crippen LogP contribution in [0.3, 0.4) is 0 Å². The summed E-state index contributed by atoms with van der Waals surface area (Å²) in [5.74, 6) is -0.454. The van der Waals surface area contributed by atoms with Gasteiger partial charge >= 0.3 is 5.97 Å². The molecule has 0 saturated heterocycles. The van der Waals surface area contributed by atoms with Crippen LogP contribution in [0.25, 0.3) is 0 Å². The van der Waals surface area contributed by atoms with Crippen molar-refractivity contribution in [2.45, 2.75) is 70.3 Å². The minimum Gasteiger partial charge on any atom is -0.459 e. The average molecular weight is 365 g/mol. The van der Waals surface area contributed by atoms with Crippen molar-refractivity contribution in [1.82, 2.24) is 5.32 Å². The first-order valence-corrected chi connectivity index (χ1v) is 10.1. The third-order valence-electron chi connectivity index (χ3n) is 5.95. The highest BCUT2D eigenvalue weighted by Gasteiger charge is 2.39. The monoisotopic (exact) mass is 365 g/mol. The van der Waals surface area contributed by atoms with Crippen LogP contribution in [-0.2, 0) is 14.3 Å². The summed E-state index contributed by atoms with van der Waals surface area (Å²) in [4.78, 5) is 26.0. The van der Waals surface area contributed by atoms with Gasteiger partial charge in [-0.25, -0.2) is 4.79 Å². The predicted octanol–water partition coefficient (Wildman–Crippen LogP) is 4.53. The lowest BCUT2D eigenvalue weighted by atomic mass is 9.75. The molecule has 1 unspecified atom stereocenters. The molecule has 4 heteroatoms. The van der Waals surface area contributed by atoms with E-state index >= 15 is 0 Å². The highest BCUT2D eigenvalue weighted by atomic mass is 16.5. The Morgan fingerprint density at radius 2 is 1.78 bits per heavy atom. The van der Waals surface area contributed by atoms with E-state index in [0.29, 0.717) is 12.0 Å². The minimum atomic E-state index is -0.327. The molecule has 1 heterocycles. The smallest absolute Gasteiger partial charge is 0.337 e. The van der Waals surface area contributed by atoms with Crippen LogP contribution < -0.4 is 5.32 Å². The number of hydrogen-bond acceptors (Lipinski definition) is 4. The molecule has 1 aliphatic heterocycles. The van der Waals surface area contributed by atoms with Gasteiger partial charge in [0.1, 0.15) is 6.10 Å². The van der Waals surface area contributed by atoms with Crippen molar-refractivity contribution >= 4 is 11.8 Å². The van der Waals surface area contributed by atoms with E-state index in [9.17, 15) is 9.59 Å². The lowest BCUT2D eigenvalue weighted by Gasteiger charge is -2.35. The maximum absolute atomic E-state index is 13.2. The molecule has 2 aliphatic carbocycles. The van der Waals surface area contributed by atoms with Crippen LogP contribution in [0.4, 0.5) is 0 Å². The second-order valence-corrected chi connectivity index (χ2v) is 7.84. The number of esters is 1. The number of rotatable bonds is 3. The number of benzene rings is 1. The zero-order chi connectivity index (χ0) is 18.8. The van der Waals surface area contributed by atoms with E-state index in [1.807, 2.05) is 37.3 Å². The Morgan fingerprint density at radius 3 is 2.52 bits per heavy atom. The van der Waals surface area contributed by atoms with Crippen molar-refractivity contribution in [2.75, 3.05) is 0 Å². The maximum atomic E-state index is 13.2. The van der Waals surface area contributed by atoms with Crippen LogP contribution in [0.5, 0.6) is 0 Å². The molecule has 1 N–H and O–H groups in total. The summed E-state index contributed by atoms with van der Waals surface area (Å²) >= 11 is 0. The molecular formula is C23H27NO3. The van der Waals surface area contributed by atoms with Crippen molar-refractivity contribution in [1.29, 1.82) is 0 Å². The van der Waals surface area contributed by atoms with Gasteiger partial charge < -0.3 is 10.1 Å². The van der Waals surface area contributed by atoms with Gasteiger partial charge in [0.15, 0.2) is 5.78 Å². The number of hydrogen-bond donors (Lipinski definition) is 1. The van der Waals surface area contributed by atoms with Gasteiger partial charge in [0.2, 0.25) is 0 Å². The van der Waals surface area contributed by atoms with Crippen molar-refractivity contribution in [3.63, 3.8) is 0 Å². The molecule has 1 saturated carbocycles. The van der Waals surface area contributed by atoms with Gasteiger partial charge in [-0.15, -0.1) is 0 Å². The SMILES string of the molecule is CC1=C(C(=O)OC2CCCCC2)C(c2ccccc2)C2=C(CCCC2=O)N1. The molecule has 0 amide bonds. The van der Waals surface area contributed by atoms with Gasteiger partial charge in [0.05, 0.1) is 5.57 Å². The van der Waals surface area contributed by atoms with E-state index in [-0.39, 0.29) is 23.8 Å². The van der Waals surface area contributed by atoms with E-state index < -0.39 is 0 Å². The normalized spacial score (nSPS) is 23.7. The van der Waals surface area contributed by atoms with E-state index in [1.54, 1.807) is 0 Å². The molecule has 1 aromatic rings. The van der Waals surface area contributed by atoms with Gasteiger partial charge in [0.25, 0.3) is 0 Å². The Balaban J connectivity index is 1.71. The van der Waals surface area contributed by atoms with Crippen LogP contribution in [0.15, 0.2) is 52.9 Å². The summed E-state index contributed by atoms with van der Waals surface area (Å²) in [6, 6.07) is 9.89. The number of ketones is 1. The minimum absolute atomic E-state index is 0.000377. The molecule has 1 atom stereocenters. The molecule has 4 rings (SSSR count). The third-order valence-corrected chi connectivity index (χ3v) is 5.95. The first kappa shape index (κ1) is 18.0. The summed E-state index contributed by atoms with van der Waals surface area (Å²) in [5, 5.41) is 3.35. The highest BCUT2D eigenvalue weighted by Crippen LogP contribution is 2.42. The number of Topliss-reactive ketones (excluding diaryl/α,β-unsaturated/α-hetero) is 1. The molecule has 0 spiro atoms. The molecular weight excluding hydrogens is 338 g/mol. The zero-order valence-corrected chi connectivity index (χ0v) is 15.9. The molecule has 0 radical (unpaired) electrons. The second-order valence-electron chi connectivity index (χ2n) is 7.84. The van der Waals surface area contributed by atoms with Crippen molar-refractivity contribution < 1.29 is 14.3 Å². The molecule has 1 aromatic carbocycles. The maximum Gasteiger partial charge on any atom is 0.337 e. The molecule has 0 bridgehead atoms. The average Bonchev–Trinajstić information content (AvgIpc) is 2.68. The van der Waals surface area contributed by atoms with Crippen LogP contribution in [0.2, 0.25) is 0 Å². The number of carbonyl (C=O) groups is 2. The largest absolute Gasteiger partial charge is 0.459 e. The Bertz CT molecular complexity index is 800. The zero-order valence-electron chi connectivity index (χ0n) is 15.9. The second kappa shape index (κ2) is 7.71. The fraction of sp³-hybridized carbons (Fsp3) is 0.478. The highest BCUT2D eigenvalue weighted by molar-refractivity contribution is 6.03. The van der Waals surface area contributed by atoms with Crippen molar-refractivity contribution in [3.8, 4) is 0 Å². The van der Waals surface area contributed by atoms with Gasteiger partial charge in [-0.2, -0.15) is 0 Å². The van der Waals surface area contributed by atoms with Crippen LogP contribution in [0.1, 0.15) is 69.8 Å². The van der Waals surface area contributed by atoms with Gasteiger partial charge in [-0.05, 0) is 51.0 Å². The number of ether oxygens (including phenoxy) is 1. The first-order chi connectivity index (χ1) is 13.1. The van der Waals surface area contributed by atoms with E-state index in [2.05, 4.69) is 5.32 Å². The third kappa shape index (κ3) is 3.58. The first-order valence-electron chi connectivity index (χ1n) is 10.1. The molecule has 142 valence electrons. The van der Waals surface area contributed by atoms with E-state index in [0.717, 1.165) is 61.1 Å². The Labute approximate surface area is 160 Å². The summed E-state index contributed by atoms with van der Waals surface area (Å²) in [6.45, 7) is 1.93. The number of dihydropyridines is 1. The van der Waals surface area contributed by atoms with E-state index in [1.165, 1.54) is 6.42 Å².